The third-order valence-electron chi connectivity index (χ3n) is 2.83. The van der Waals surface area contributed by atoms with Gasteiger partial charge in [-0.15, -0.1) is 0 Å². The molecule has 5 heteroatoms. The Bertz CT molecular complexity index is 387. The molecular formula is C10H15N3O2. The van der Waals surface area contributed by atoms with Crippen LogP contribution in [0.4, 0.5) is 0 Å². The van der Waals surface area contributed by atoms with Gasteiger partial charge in [-0.25, -0.2) is 0 Å². The number of carbonyl (C=O) groups excluding carboxylic acids is 1. The van der Waals surface area contributed by atoms with Gasteiger partial charge in [0.05, 0.1) is 12.2 Å². The average Bonchev–Trinajstić information content (AvgIpc) is 2.84. The summed E-state index contributed by atoms with van der Waals surface area (Å²) >= 11 is 0. The van der Waals surface area contributed by atoms with Crippen LogP contribution in [0.5, 0.6) is 0 Å². The predicted molar refractivity (Wildman–Crippen MR) is 55.2 cm³/mol. The number of carbonyl (C=O) groups is 1. The SMILES string of the molecule is O=C(NCc1cc(=O)[nH][nH]1)C1CCCC1. The Morgan fingerprint density at radius 2 is 2.13 bits per heavy atom. The van der Waals surface area contributed by atoms with Gasteiger partial charge in [-0.2, -0.15) is 0 Å². The summed E-state index contributed by atoms with van der Waals surface area (Å²) in [5, 5.41) is 7.95. The first-order chi connectivity index (χ1) is 7.25. The molecule has 0 aromatic carbocycles. The van der Waals surface area contributed by atoms with Gasteiger partial charge in [-0.05, 0) is 12.8 Å². The van der Waals surface area contributed by atoms with Crippen LogP contribution >= 0.6 is 0 Å². The highest BCUT2D eigenvalue weighted by Gasteiger charge is 2.22. The van der Waals surface area contributed by atoms with Crippen molar-refractivity contribution in [1.29, 1.82) is 0 Å². The van der Waals surface area contributed by atoms with Crippen LogP contribution in [0.3, 0.4) is 0 Å². The maximum atomic E-state index is 11.6. The third-order valence-corrected chi connectivity index (χ3v) is 2.83. The smallest absolute Gasteiger partial charge is 0.264 e. The first kappa shape index (κ1) is 10.0. The van der Waals surface area contributed by atoms with Crippen LogP contribution in [0, 0.1) is 5.92 Å². The lowest BCUT2D eigenvalue weighted by Gasteiger charge is -2.08. The van der Waals surface area contributed by atoms with Crippen molar-refractivity contribution in [2.75, 3.05) is 0 Å². The maximum Gasteiger partial charge on any atom is 0.264 e. The van der Waals surface area contributed by atoms with Gasteiger partial charge in [0.1, 0.15) is 0 Å². The van der Waals surface area contributed by atoms with Crippen LogP contribution in [-0.4, -0.2) is 16.1 Å². The molecule has 82 valence electrons. The lowest BCUT2D eigenvalue weighted by Crippen LogP contribution is -2.28. The molecule has 0 unspecified atom stereocenters. The molecule has 0 spiro atoms. The summed E-state index contributed by atoms with van der Waals surface area (Å²) in [7, 11) is 0. The summed E-state index contributed by atoms with van der Waals surface area (Å²) < 4.78 is 0. The van der Waals surface area contributed by atoms with Crippen molar-refractivity contribution in [3.63, 3.8) is 0 Å². The van der Waals surface area contributed by atoms with Crippen molar-refractivity contribution in [3.05, 3.63) is 22.1 Å². The molecule has 5 nitrogen and oxygen atoms in total. The molecule has 1 heterocycles. The number of H-pyrrole nitrogens is 2. The van der Waals surface area contributed by atoms with Crippen LogP contribution in [0.15, 0.2) is 10.9 Å². The molecule has 0 atom stereocenters. The predicted octanol–water partition coefficient (Wildman–Crippen LogP) is 0.509. The zero-order valence-corrected chi connectivity index (χ0v) is 8.51. The average molecular weight is 209 g/mol. The Balaban J connectivity index is 1.82. The van der Waals surface area contributed by atoms with Gasteiger partial charge in [0.25, 0.3) is 5.56 Å². The minimum Gasteiger partial charge on any atom is -0.350 e. The lowest BCUT2D eigenvalue weighted by atomic mass is 10.1. The van der Waals surface area contributed by atoms with Crippen molar-refractivity contribution in [3.8, 4) is 0 Å². The van der Waals surface area contributed by atoms with Crippen molar-refractivity contribution >= 4 is 5.91 Å². The summed E-state index contributed by atoms with van der Waals surface area (Å²) in [6.45, 7) is 0.397. The first-order valence-electron chi connectivity index (χ1n) is 5.30. The van der Waals surface area contributed by atoms with Gasteiger partial charge in [-0.1, -0.05) is 12.8 Å². The Morgan fingerprint density at radius 3 is 2.73 bits per heavy atom. The van der Waals surface area contributed by atoms with Gasteiger partial charge < -0.3 is 10.4 Å². The van der Waals surface area contributed by atoms with Crippen LogP contribution < -0.4 is 10.9 Å². The van der Waals surface area contributed by atoms with Crippen LogP contribution in [0.1, 0.15) is 31.4 Å². The number of hydrogen-bond donors (Lipinski definition) is 3. The van der Waals surface area contributed by atoms with Crippen molar-refractivity contribution in [2.24, 2.45) is 5.92 Å². The quantitative estimate of drug-likeness (QED) is 0.678. The number of hydrogen-bond acceptors (Lipinski definition) is 2. The summed E-state index contributed by atoms with van der Waals surface area (Å²) in [6.07, 6.45) is 4.29. The molecule has 2 rings (SSSR count). The summed E-state index contributed by atoms with van der Waals surface area (Å²) in [5.74, 6) is 0.283. The first-order valence-corrected chi connectivity index (χ1v) is 5.30. The van der Waals surface area contributed by atoms with E-state index in [9.17, 15) is 9.59 Å². The van der Waals surface area contributed by atoms with E-state index < -0.39 is 0 Å². The van der Waals surface area contributed by atoms with Crippen LogP contribution in [0.25, 0.3) is 0 Å². The standard InChI is InChI=1S/C10H15N3O2/c14-9-5-8(12-13-9)6-11-10(15)7-3-1-2-4-7/h5,7H,1-4,6H2,(H,11,15)(H2,12,13,14). The molecule has 1 aromatic rings. The molecule has 1 aliphatic rings. The fourth-order valence-corrected chi connectivity index (χ4v) is 1.98. The molecule has 15 heavy (non-hydrogen) atoms. The summed E-state index contributed by atoms with van der Waals surface area (Å²) in [5.41, 5.74) is 0.548. The number of nitrogens with one attached hydrogen (secondary N) is 3. The Kier molecular flexibility index (Phi) is 2.89. The van der Waals surface area contributed by atoms with Gasteiger partial charge in [-0.3, -0.25) is 14.7 Å². The van der Waals surface area contributed by atoms with E-state index in [1.54, 1.807) is 0 Å². The second kappa shape index (κ2) is 4.33. The molecule has 1 aliphatic carbocycles. The second-order valence-corrected chi connectivity index (χ2v) is 3.98. The monoisotopic (exact) mass is 209 g/mol. The molecule has 1 amide bonds. The summed E-state index contributed by atoms with van der Waals surface area (Å²) in [6, 6.07) is 1.45. The van der Waals surface area contributed by atoms with Crippen molar-refractivity contribution in [1.82, 2.24) is 15.5 Å². The van der Waals surface area contributed by atoms with Crippen LogP contribution in [-0.2, 0) is 11.3 Å². The van der Waals surface area contributed by atoms with Gasteiger partial charge in [0.2, 0.25) is 5.91 Å². The fourth-order valence-electron chi connectivity index (χ4n) is 1.98. The molecule has 0 radical (unpaired) electrons. The normalized spacial score (nSPS) is 16.8. The summed E-state index contributed by atoms with van der Waals surface area (Å²) in [4.78, 5) is 22.4. The van der Waals surface area contributed by atoms with E-state index in [-0.39, 0.29) is 17.4 Å². The second-order valence-electron chi connectivity index (χ2n) is 3.98. The van der Waals surface area contributed by atoms with E-state index >= 15 is 0 Å². The topological polar surface area (TPSA) is 77.8 Å². The zero-order valence-electron chi connectivity index (χ0n) is 8.51. The Labute approximate surface area is 87.3 Å². The van der Waals surface area contributed by atoms with E-state index in [1.807, 2.05) is 0 Å². The molecule has 3 N–H and O–H groups in total. The van der Waals surface area contributed by atoms with Crippen molar-refractivity contribution in [2.45, 2.75) is 32.2 Å². The number of aromatic nitrogens is 2. The molecule has 1 saturated carbocycles. The van der Waals surface area contributed by atoms with Gasteiger partial charge in [0.15, 0.2) is 0 Å². The number of rotatable bonds is 3. The number of amides is 1. The van der Waals surface area contributed by atoms with E-state index in [2.05, 4.69) is 15.5 Å². The minimum absolute atomic E-state index is 0.106. The maximum absolute atomic E-state index is 11.6. The lowest BCUT2D eigenvalue weighted by molar-refractivity contribution is -0.124. The van der Waals surface area contributed by atoms with Crippen molar-refractivity contribution < 1.29 is 4.79 Å². The Morgan fingerprint density at radius 1 is 1.40 bits per heavy atom. The van der Waals surface area contributed by atoms with Gasteiger partial charge in [0, 0.05) is 12.0 Å². The molecule has 1 fully saturated rings. The molecule has 1 aromatic heterocycles. The fraction of sp³-hybridized carbons (Fsp3) is 0.600. The highest BCUT2D eigenvalue weighted by molar-refractivity contribution is 5.78. The molecular weight excluding hydrogens is 194 g/mol. The number of aromatic amines is 2. The van der Waals surface area contributed by atoms with E-state index in [1.165, 1.54) is 6.07 Å². The van der Waals surface area contributed by atoms with E-state index in [4.69, 9.17) is 0 Å². The largest absolute Gasteiger partial charge is 0.350 e. The van der Waals surface area contributed by atoms with E-state index in [0.29, 0.717) is 12.2 Å². The zero-order chi connectivity index (χ0) is 10.7. The molecule has 0 aliphatic heterocycles. The van der Waals surface area contributed by atoms with Gasteiger partial charge >= 0.3 is 0 Å². The van der Waals surface area contributed by atoms with Crippen LogP contribution in [0.2, 0.25) is 0 Å². The molecule has 0 bridgehead atoms. The highest BCUT2D eigenvalue weighted by Crippen LogP contribution is 2.24. The Hall–Kier alpha value is -1.52. The van der Waals surface area contributed by atoms with E-state index in [0.717, 1.165) is 25.7 Å². The highest BCUT2D eigenvalue weighted by atomic mass is 16.2. The third kappa shape index (κ3) is 2.49. The minimum atomic E-state index is -0.167. The molecule has 0 saturated heterocycles.